The number of aromatic nitrogens is 1. The van der Waals surface area contributed by atoms with Gasteiger partial charge >= 0.3 is 0 Å². The quantitative estimate of drug-likeness (QED) is 0.672. The molecule has 0 aliphatic heterocycles. The monoisotopic (exact) mass is 237 g/mol. The predicted octanol–water partition coefficient (Wildman–Crippen LogP) is 0.356. The fraction of sp³-hybridized carbons (Fsp3) is 0.500. The van der Waals surface area contributed by atoms with Gasteiger partial charge in [0.15, 0.2) is 0 Å². The summed E-state index contributed by atoms with van der Waals surface area (Å²) < 4.78 is 4.89. The third-order valence-corrected chi connectivity index (χ3v) is 2.19. The van der Waals surface area contributed by atoms with Crippen molar-refractivity contribution < 1.29 is 9.53 Å². The van der Waals surface area contributed by atoms with E-state index < -0.39 is 0 Å². The molecule has 0 atom stereocenters. The predicted molar refractivity (Wildman–Crippen MR) is 66.1 cm³/mol. The summed E-state index contributed by atoms with van der Waals surface area (Å²) >= 11 is 0. The van der Waals surface area contributed by atoms with Crippen LogP contribution in [0, 0.1) is 6.92 Å². The molecule has 0 radical (unpaired) electrons. The van der Waals surface area contributed by atoms with Gasteiger partial charge in [0.25, 0.3) is 5.91 Å². The molecule has 0 unspecified atom stereocenters. The van der Waals surface area contributed by atoms with E-state index in [1.165, 1.54) is 0 Å². The van der Waals surface area contributed by atoms with E-state index in [1.54, 1.807) is 13.2 Å². The molecule has 0 bridgehead atoms. The van der Waals surface area contributed by atoms with Gasteiger partial charge < -0.3 is 15.4 Å². The summed E-state index contributed by atoms with van der Waals surface area (Å²) in [7, 11) is 1.66. The van der Waals surface area contributed by atoms with Gasteiger partial charge in [0.1, 0.15) is 5.69 Å². The summed E-state index contributed by atoms with van der Waals surface area (Å²) in [6.07, 6.45) is 0. The van der Waals surface area contributed by atoms with Crippen molar-refractivity contribution in [1.82, 2.24) is 15.6 Å². The second kappa shape index (κ2) is 7.76. The first-order chi connectivity index (χ1) is 8.24. The summed E-state index contributed by atoms with van der Waals surface area (Å²) in [5.74, 6) is -0.137. The number of hydrogen-bond acceptors (Lipinski definition) is 4. The van der Waals surface area contributed by atoms with Crippen LogP contribution in [0.15, 0.2) is 18.2 Å². The molecule has 94 valence electrons. The zero-order valence-electron chi connectivity index (χ0n) is 10.3. The molecule has 0 saturated heterocycles. The third kappa shape index (κ3) is 5.42. The molecule has 5 heteroatoms. The van der Waals surface area contributed by atoms with Crippen molar-refractivity contribution >= 4 is 5.91 Å². The summed E-state index contributed by atoms with van der Waals surface area (Å²) in [5.41, 5.74) is 1.30. The van der Waals surface area contributed by atoms with Crippen LogP contribution in [0.3, 0.4) is 0 Å². The van der Waals surface area contributed by atoms with Crippen LogP contribution >= 0.6 is 0 Å². The molecule has 0 aliphatic carbocycles. The fourth-order valence-corrected chi connectivity index (χ4v) is 1.32. The van der Waals surface area contributed by atoms with Gasteiger partial charge in [-0.1, -0.05) is 6.07 Å². The van der Waals surface area contributed by atoms with Crippen LogP contribution in [-0.4, -0.2) is 44.2 Å². The maximum Gasteiger partial charge on any atom is 0.269 e. The van der Waals surface area contributed by atoms with E-state index in [4.69, 9.17) is 4.74 Å². The van der Waals surface area contributed by atoms with Crippen molar-refractivity contribution in [3.05, 3.63) is 29.6 Å². The van der Waals surface area contributed by atoms with Crippen molar-refractivity contribution in [2.45, 2.75) is 6.92 Å². The van der Waals surface area contributed by atoms with Crippen molar-refractivity contribution in [2.24, 2.45) is 0 Å². The van der Waals surface area contributed by atoms with Crippen LogP contribution in [0.2, 0.25) is 0 Å². The SMILES string of the molecule is COCCNCCNC(=O)c1cccc(C)n1. The number of carbonyl (C=O) groups is 1. The number of nitrogens with zero attached hydrogens (tertiary/aromatic N) is 1. The molecule has 17 heavy (non-hydrogen) atoms. The highest BCUT2D eigenvalue weighted by molar-refractivity contribution is 5.92. The van der Waals surface area contributed by atoms with Crippen LogP contribution in [0.4, 0.5) is 0 Å². The highest BCUT2D eigenvalue weighted by atomic mass is 16.5. The average Bonchev–Trinajstić information content (AvgIpc) is 2.33. The Balaban J connectivity index is 2.21. The molecule has 5 nitrogen and oxygen atoms in total. The normalized spacial score (nSPS) is 10.2. The van der Waals surface area contributed by atoms with Gasteiger partial charge in [-0.25, -0.2) is 4.98 Å². The molecule has 0 fully saturated rings. The van der Waals surface area contributed by atoms with Gasteiger partial charge in [-0.3, -0.25) is 4.79 Å². The van der Waals surface area contributed by atoms with E-state index >= 15 is 0 Å². The molecule has 1 rings (SSSR count). The number of nitrogens with one attached hydrogen (secondary N) is 2. The fourth-order valence-electron chi connectivity index (χ4n) is 1.32. The zero-order chi connectivity index (χ0) is 12.5. The van der Waals surface area contributed by atoms with E-state index in [9.17, 15) is 4.79 Å². The number of hydrogen-bond donors (Lipinski definition) is 2. The lowest BCUT2D eigenvalue weighted by atomic mass is 10.3. The number of methoxy groups -OCH3 is 1. The standard InChI is InChI=1S/C12H19N3O2/c1-10-4-3-5-11(15-10)12(16)14-7-6-13-8-9-17-2/h3-5,13H,6-9H2,1-2H3,(H,14,16). The Morgan fingerprint density at radius 2 is 2.18 bits per heavy atom. The van der Waals surface area contributed by atoms with Crippen LogP contribution in [0.1, 0.15) is 16.2 Å². The molecule has 1 amide bonds. The minimum atomic E-state index is -0.137. The van der Waals surface area contributed by atoms with Crippen molar-refractivity contribution in [1.29, 1.82) is 0 Å². The maximum atomic E-state index is 11.7. The molecular weight excluding hydrogens is 218 g/mol. The third-order valence-electron chi connectivity index (χ3n) is 2.19. The van der Waals surface area contributed by atoms with Crippen molar-refractivity contribution in [2.75, 3.05) is 33.4 Å². The van der Waals surface area contributed by atoms with E-state index in [2.05, 4.69) is 15.6 Å². The lowest BCUT2D eigenvalue weighted by molar-refractivity contribution is 0.0948. The summed E-state index contributed by atoms with van der Waals surface area (Å²) in [6, 6.07) is 5.40. The molecule has 1 aromatic rings. The van der Waals surface area contributed by atoms with E-state index in [-0.39, 0.29) is 5.91 Å². The second-order valence-corrected chi connectivity index (χ2v) is 3.66. The van der Waals surface area contributed by atoms with Gasteiger partial charge in [-0.05, 0) is 19.1 Å². The molecule has 1 heterocycles. The number of rotatable bonds is 7. The summed E-state index contributed by atoms with van der Waals surface area (Å²) in [5, 5.41) is 5.94. The topological polar surface area (TPSA) is 63.2 Å². The molecule has 0 aromatic carbocycles. The molecular formula is C12H19N3O2. The Bertz CT molecular complexity index is 355. The Labute approximate surface area is 102 Å². The Morgan fingerprint density at radius 3 is 2.88 bits per heavy atom. The average molecular weight is 237 g/mol. The van der Waals surface area contributed by atoms with Crippen molar-refractivity contribution in [3.63, 3.8) is 0 Å². The molecule has 0 spiro atoms. The van der Waals surface area contributed by atoms with Gasteiger partial charge in [0.05, 0.1) is 6.61 Å². The van der Waals surface area contributed by atoms with Gasteiger partial charge in [-0.15, -0.1) is 0 Å². The number of ether oxygens (including phenoxy) is 1. The Morgan fingerprint density at radius 1 is 1.35 bits per heavy atom. The lowest BCUT2D eigenvalue weighted by Crippen LogP contribution is -2.33. The summed E-state index contributed by atoms with van der Waals surface area (Å²) in [6.45, 7) is 4.63. The largest absolute Gasteiger partial charge is 0.383 e. The second-order valence-electron chi connectivity index (χ2n) is 3.66. The first-order valence-electron chi connectivity index (χ1n) is 5.65. The van der Waals surface area contributed by atoms with Crippen LogP contribution < -0.4 is 10.6 Å². The molecule has 1 aromatic heterocycles. The Hall–Kier alpha value is -1.46. The van der Waals surface area contributed by atoms with Crippen LogP contribution in [0.5, 0.6) is 0 Å². The van der Waals surface area contributed by atoms with Gasteiger partial charge in [-0.2, -0.15) is 0 Å². The van der Waals surface area contributed by atoms with Crippen LogP contribution in [0.25, 0.3) is 0 Å². The first kappa shape index (κ1) is 13.6. The molecule has 0 aliphatic rings. The van der Waals surface area contributed by atoms with E-state index in [1.807, 2.05) is 19.1 Å². The minimum absolute atomic E-state index is 0.137. The first-order valence-corrected chi connectivity index (χ1v) is 5.65. The summed E-state index contributed by atoms with van der Waals surface area (Å²) in [4.78, 5) is 15.8. The van der Waals surface area contributed by atoms with Gasteiger partial charge in [0.2, 0.25) is 0 Å². The number of carbonyl (C=O) groups excluding carboxylic acids is 1. The zero-order valence-corrected chi connectivity index (χ0v) is 10.3. The van der Waals surface area contributed by atoms with Crippen LogP contribution in [-0.2, 0) is 4.74 Å². The number of amides is 1. The molecule has 0 saturated carbocycles. The molecule has 2 N–H and O–H groups in total. The minimum Gasteiger partial charge on any atom is -0.383 e. The highest BCUT2D eigenvalue weighted by Crippen LogP contribution is 1.97. The number of pyridine rings is 1. The number of aryl methyl sites for hydroxylation is 1. The smallest absolute Gasteiger partial charge is 0.269 e. The Kier molecular flexibility index (Phi) is 6.21. The van der Waals surface area contributed by atoms with Gasteiger partial charge in [0, 0.05) is 32.4 Å². The van der Waals surface area contributed by atoms with E-state index in [0.29, 0.717) is 18.8 Å². The lowest BCUT2D eigenvalue weighted by Gasteiger charge is -2.06. The van der Waals surface area contributed by atoms with E-state index in [0.717, 1.165) is 18.8 Å². The maximum absolute atomic E-state index is 11.7. The highest BCUT2D eigenvalue weighted by Gasteiger charge is 2.05. The van der Waals surface area contributed by atoms with Crippen molar-refractivity contribution in [3.8, 4) is 0 Å².